The standard InChI is InChI=1S/C23H40N4O.HI/c1-5-24-23(26(4)15-12-20-13-16-28-17-14-20)25-18-21-8-10-22(11-9-21)19-27(6-2)7-3;/h8-11,20H,5-7,12-19H2,1-4H3,(H,24,25);1H. The summed E-state index contributed by atoms with van der Waals surface area (Å²) < 4.78 is 5.47. The van der Waals surface area contributed by atoms with Gasteiger partial charge in [-0.05, 0) is 56.3 Å². The van der Waals surface area contributed by atoms with Crippen LogP contribution in [0.25, 0.3) is 0 Å². The average Bonchev–Trinajstić information content (AvgIpc) is 2.74. The quantitative estimate of drug-likeness (QED) is 0.285. The van der Waals surface area contributed by atoms with Crippen LogP contribution >= 0.6 is 24.0 Å². The summed E-state index contributed by atoms with van der Waals surface area (Å²) in [5, 5.41) is 3.44. The van der Waals surface area contributed by atoms with Gasteiger partial charge in [0.2, 0.25) is 0 Å². The molecule has 0 unspecified atom stereocenters. The van der Waals surface area contributed by atoms with Gasteiger partial charge in [-0.3, -0.25) is 4.90 Å². The molecule has 166 valence electrons. The Balaban J connectivity index is 0.00000420. The van der Waals surface area contributed by atoms with Crippen molar-refractivity contribution in [3.63, 3.8) is 0 Å². The van der Waals surface area contributed by atoms with Crippen LogP contribution in [0.4, 0.5) is 0 Å². The lowest BCUT2D eigenvalue weighted by Gasteiger charge is -2.26. The molecule has 0 amide bonds. The predicted molar refractivity (Wildman–Crippen MR) is 134 cm³/mol. The van der Waals surface area contributed by atoms with Gasteiger partial charge in [0, 0.05) is 39.9 Å². The Morgan fingerprint density at radius 2 is 1.69 bits per heavy atom. The number of hydrogen-bond donors (Lipinski definition) is 1. The molecule has 1 heterocycles. The fourth-order valence-electron chi connectivity index (χ4n) is 3.61. The fraction of sp³-hybridized carbons (Fsp3) is 0.696. The molecule has 0 atom stereocenters. The minimum Gasteiger partial charge on any atom is -0.381 e. The van der Waals surface area contributed by atoms with E-state index >= 15 is 0 Å². The Morgan fingerprint density at radius 1 is 1.07 bits per heavy atom. The second kappa shape index (κ2) is 15.0. The molecule has 0 aromatic heterocycles. The van der Waals surface area contributed by atoms with Gasteiger partial charge in [-0.25, -0.2) is 4.99 Å². The maximum absolute atomic E-state index is 5.47. The Morgan fingerprint density at radius 3 is 2.28 bits per heavy atom. The third kappa shape index (κ3) is 9.66. The molecule has 29 heavy (non-hydrogen) atoms. The number of hydrogen-bond acceptors (Lipinski definition) is 3. The zero-order chi connectivity index (χ0) is 20.2. The van der Waals surface area contributed by atoms with Gasteiger partial charge in [0.15, 0.2) is 5.96 Å². The van der Waals surface area contributed by atoms with Crippen LogP contribution in [-0.2, 0) is 17.8 Å². The predicted octanol–water partition coefficient (Wildman–Crippen LogP) is 4.36. The molecule has 0 radical (unpaired) electrons. The number of aliphatic imine (C=N–C) groups is 1. The van der Waals surface area contributed by atoms with E-state index in [1.165, 1.54) is 30.4 Å². The molecular weight excluding hydrogens is 475 g/mol. The monoisotopic (exact) mass is 516 g/mol. The maximum Gasteiger partial charge on any atom is 0.193 e. The van der Waals surface area contributed by atoms with E-state index in [1.54, 1.807) is 0 Å². The minimum atomic E-state index is 0. The Kier molecular flexibility index (Phi) is 13.6. The van der Waals surface area contributed by atoms with Crippen LogP contribution in [0.5, 0.6) is 0 Å². The topological polar surface area (TPSA) is 40.1 Å². The molecule has 0 bridgehead atoms. The molecule has 1 aliphatic heterocycles. The number of rotatable bonds is 10. The van der Waals surface area contributed by atoms with Crippen LogP contribution in [0, 0.1) is 5.92 Å². The largest absolute Gasteiger partial charge is 0.381 e. The molecule has 1 fully saturated rings. The fourth-order valence-corrected chi connectivity index (χ4v) is 3.61. The number of guanidine groups is 1. The number of ether oxygens (including phenoxy) is 1. The summed E-state index contributed by atoms with van der Waals surface area (Å²) in [6.07, 6.45) is 3.60. The van der Waals surface area contributed by atoms with Crippen molar-refractivity contribution in [2.45, 2.75) is 53.1 Å². The molecule has 5 nitrogen and oxygen atoms in total. The van der Waals surface area contributed by atoms with Crippen LogP contribution in [-0.4, -0.2) is 62.2 Å². The molecule has 0 aliphatic carbocycles. The number of nitrogens with one attached hydrogen (secondary N) is 1. The Hall–Kier alpha value is -0.860. The van der Waals surface area contributed by atoms with Gasteiger partial charge < -0.3 is 15.0 Å². The second-order valence-corrected chi connectivity index (χ2v) is 7.71. The third-order valence-corrected chi connectivity index (χ3v) is 5.65. The molecule has 0 spiro atoms. The van der Waals surface area contributed by atoms with Gasteiger partial charge in [0.25, 0.3) is 0 Å². The van der Waals surface area contributed by atoms with Gasteiger partial charge in [-0.15, -0.1) is 24.0 Å². The molecule has 2 rings (SSSR count). The molecule has 0 saturated carbocycles. The van der Waals surface area contributed by atoms with Crippen molar-refractivity contribution in [1.29, 1.82) is 0 Å². The Labute approximate surface area is 195 Å². The van der Waals surface area contributed by atoms with Gasteiger partial charge in [0.1, 0.15) is 0 Å². The summed E-state index contributed by atoms with van der Waals surface area (Å²) in [6.45, 7) is 14.3. The van der Waals surface area contributed by atoms with Gasteiger partial charge in [-0.1, -0.05) is 38.1 Å². The van der Waals surface area contributed by atoms with Gasteiger partial charge >= 0.3 is 0 Å². The van der Waals surface area contributed by atoms with Crippen molar-refractivity contribution in [3.8, 4) is 0 Å². The highest BCUT2D eigenvalue weighted by Gasteiger charge is 2.15. The number of halogens is 1. The van der Waals surface area contributed by atoms with Crippen LogP contribution < -0.4 is 5.32 Å². The van der Waals surface area contributed by atoms with Crippen LogP contribution in [0.15, 0.2) is 29.3 Å². The summed E-state index contributed by atoms with van der Waals surface area (Å²) in [7, 11) is 2.15. The van der Waals surface area contributed by atoms with Crippen molar-refractivity contribution in [3.05, 3.63) is 35.4 Å². The first-order valence-electron chi connectivity index (χ1n) is 11.0. The summed E-state index contributed by atoms with van der Waals surface area (Å²) >= 11 is 0. The summed E-state index contributed by atoms with van der Waals surface area (Å²) in [4.78, 5) is 9.57. The molecule has 6 heteroatoms. The minimum absolute atomic E-state index is 0. The lowest BCUT2D eigenvalue weighted by atomic mass is 9.96. The van der Waals surface area contributed by atoms with E-state index in [0.29, 0.717) is 0 Å². The lowest BCUT2D eigenvalue weighted by Crippen LogP contribution is -2.40. The van der Waals surface area contributed by atoms with Gasteiger partial charge in [-0.2, -0.15) is 0 Å². The summed E-state index contributed by atoms with van der Waals surface area (Å²) in [5.74, 6) is 1.79. The molecule has 1 aromatic rings. The summed E-state index contributed by atoms with van der Waals surface area (Å²) in [5.41, 5.74) is 2.63. The molecule has 1 N–H and O–H groups in total. The Bertz CT molecular complexity index is 569. The zero-order valence-corrected chi connectivity index (χ0v) is 21.2. The van der Waals surface area contributed by atoms with E-state index in [9.17, 15) is 0 Å². The first-order valence-corrected chi connectivity index (χ1v) is 11.0. The van der Waals surface area contributed by atoms with E-state index in [0.717, 1.165) is 64.4 Å². The van der Waals surface area contributed by atoms with E-state index in [4.69, 9.17) is 9.73 Å². The van der Waals surface area contributed by atoms with E-state index in [2.05, 4.69) is 67.2 Å². The molecule has 1 saturated heterocycles. The van der Waals surface area contributed by atoms with E-state index < -0.39 is 0 Å². The van der Waals surface area contributed by atoms with Crippen LogP contribution in [0.3, 0.4) is 0 Å². The van der Waals surface area contributed by atoms with Crippen molar-refractivity contribution in [2.75, 3.05) is 46.4 Å². The zero-order valence-electron chi connectivity index (χ0n) is 18.8. The highest BCUT2D eigenvalue weighted by molar-refractivity contribution is 14.0. The first-order chi connectivity index (χ1) is 13.7. The SMILES string of the molecule is CCNC(=NCc1ccc(CN(CC)CC)cc1)N(C)CCC1CCOCC1.I. The molecule has 1 aliphatic rings. The maximum atomic E-state index is 5.47. The highest BCUT2D eigenvalue weighted by atomic mass is 127. The molecular formula is C23H41IN4O. The first kappa shape index (κ1) is 26.2. The van der Waals surface area contributed by atoms with Crippen molar-refractivity contribution < 1.29 is 4.74 Å². The molecule has 1 aromatic carbocycles. The van der Waals surface area contributed by atoms with E-state index in [1.807, 2.05) is 0 Å². The second-order valence-electron chi connectivity index (χ2n) is 7.71. The smallest absolute Gasteiger partial charge is 0.193 e. The van der Waals surface area contributed by atoms with Gasteiger partial charge in [0.05, 0.1) is 6.54 Å². The van der Waals surface area contributed by atoms with Crippen molar-refractivity contribution in [2.24, 2.45) is 10.9 Å². The van der Waals surface area contributed by atoms with E-state index in [-0.39, 0.29) is 24.0 Å². The van der Waals surface area contributed by atoms with Crippen LogP contribution in [0.1, 0.15) is 51.2 Å². The highest BCUT2D eigenvalue weighted by Crippen LogP contribution is 2.18. The lowest BCUT2D eigenvalue weighted by molar-refractivity contribution is 0.0625. The number of nitrogens with zero attached hydrogens (tertiary/aromatic N) is 3. The van der Waals surface area contributed by atoms with Crippen molar-refractivity contribution >= 4 is 29.9 Å². The van der Waals surface area contributed by atoms with Crippen molar-refractivity contribution in [1.82, 2.24) is 15.1 Å². The third-order valence-electron chi connectivity index (χ3n) is 5.65. The summed E-state index contributed by atoms with van der Waals surface area (Å²) in [6, 6.07) is 8.91. The average molecular weight is 517 g/mol. The number of benzene rings is 1. The normalized spacial score (nSPS) is 15.3. The van der Waals surface area contributed by atoms with Crippen LogP contribution in [0.2, 0.25) is 0 Å².